The van der Waals surface area contributed by atoms with Gasteiger partial charge in [0.25, 0.3) is 0 Å². The highest BCUT2D eigenvalue weighted by molar-refractivity contribution is 9.10. The molecule has 2 aromatic rings. The van der Waals surface area contributed by atoms with Gasteiger partial charge in [0.2, 0.25) is 10.0 Å². The number of halogens is 2. The molecule has 0 atom stereocenters. The van der Waals surface area contributed by atoms with Crippen molar-refractivity contribution in [3.63, 3.8) is 0 Å². The summed E-state index contributed by atoms with van der Waals surface area (Å²) in [5, 5.41) is 0.462. The predicted molar refractivity (Wildman–Crippen MR) is 87.5 cm³/mol. The highest BCUT2D eigenvalue weighted by Gasteiger charge is 2.15. The first-order chi connectivity index (χ1) is 9.92. The molecule has 0 amide bonds. The van der Waals surface area contributed by atoms with E-state index in [-0.39, 0.29) is 18.0 Å². The van der Waals surface area contributed by atoms with E-state index in [1.807, 2.05) is 24.3 Å². The highest BCUT2D eigenvalue weighted by Crippen LogP contribution is 2.20. The average Bonchev–Trinajstić information content (AvgIpc) is 2.47. The van der Waals surface area contributed by atoms with Crippen LogP contribution in [0, 0.1) is 0 Å². The standard InChI is InChI=1S/C14H14BrClN2O2S/c15-12-3-1-10(2-4-12)9-18-21(19,20)13-5-6-14(16)11(7-13)8-17/h1-7,18H,8-9,17H2. The molecule has 2 rings (SSSR count). The SMILES string of the molecule is NCc1cc(S(=O)(=O)NCc2ccc(Br)cc2)ccc1Cl. The minimum Gasteiger partial charge on any atom is -0.326 e. The second-order valence-corrected chi connectivity index (χ2v) is 7.50. The van der Waals surface area contributed by atoms with E-state index in [1.54, 1.807) is 0 Å². The molecule has 0 aliphatic rings. The Labute approximate surface area is 137 Å². The fourth-order valence-corrected chi connectivity index (χ4v) is 3.27. The van der Waals surface area contributed by atoms with Crippen molar-refractivity contribution in [3.8, 4) is 0 Å². The van der Waals surface area contributed by atoms with Gasteiger partial charge in [0.15, 0.2) is 0 Å². The summed E-state index contributed by atoms with van der Waals surface area (Å²) in [7, 11) is -3.59. The van der Waals surface area contributed by atoms with Crippen LogP contribution in [0.1, 0.15) is 11.1 Å². The monoisotopic (exact) mass is 388 g/mol. The van der Waals surface area contributed by atoms with E-state index in [4.69, 9.17) is 17.3 Å². The maximum Gasteiger partial charge on any atom is 0.240 e. The van der Waals surface area contributed by atoms with Crippen LogP contribution >= 0.6 is 27.5 Å². The number of sulfonamides is 1. The van der Waals surface area contributed by atoms with Crippen LogP contribution in [0.3, 0.4) is 0 Å². The Morgan fingerprint density at radius 2 is 1.81 bits per heavy atom. The van der Waals surface area contributed by atoms with Crippen LogP contribution < -0.4 is 10.5 Å². The van der Waals surface area contributed by atoms with E-state index in [1.165, 1.54) is 18.2 Å². The van der Waals surface area contributed by atoms with Crippen LogP contribution in [0.4, 0.5) is 0 Å². The molecule has 0 aromatic heterocycles. The van der Waals surface area contributed by atoms with Crippen molar-refractivity contribution in [2.24, 2.45) is 5.73 Å². The van der Waals surface area contributed by atoms with Gasteiger partial charge >= 0.3 is 0 Å². The normalized spacial score (nSPS) is 11.6. The summed E-state index contributed by atoms with van der Waals surface area (Å²) in [4.78, 5) is 0.157. The molecule has 21 heavy (non-hydrogen) atoms. The smallest absolute Gasteiger partial charge is 0.240 e. The van der Waals surface area contributed by atoms with E-state index >= 15 is 0 Å². The van der Waals surface area contributed by atoms with Crippen LogP contribution in [-0.4, -0.2) is 8.42 Å². The average molecular weight is 390 g/mol. The Hall–Kier alpha value is -0.920. The van der Waals surface area contributed by atoms with Crippen LogP contribution in [0.2, 0.25) is 5.02 Å². The molecule has 3 N–H and O–H groups in total. The summed E-state index contributed by atoms with van der Waals surface area (Å²) < 4.78 is 28.0. The summed E-state index contributed by atoms with van der Waals surface area (Å²) in [6.07, 6.45) is 0. The van der Waals surface area contributed by atoms with Gasteiger partial charge in [0.1, 0.15) is 0 Å². The summed E-state index contributed by atoms with van der Waals surface area (Å²) in [5.41, 5.74) is 7.01. The van der Waals surface area contributed by atoms with Crippen molar-refractivity contribution in [2.45, 2.75) is 18.0 Å². The maximum absolute atomic E-state index is 12.2. The molecule has 0 fully saturated rings. The van der Waals surface area contributed by atoms with Gasteiger partial charge in [-0.2, -0.15) is 0 Å². The van der Waals surface area contributed by atoms with Crippen LogP contribution in [-0.2, 0) is 23.1 Å². The molecule has 0 saturated carbocycles. The third kappa shape index (κ3) is 4.28. The Morgan fingerprint density at radius 1 is 1.14 bits per heavy atom. The summed E-state index contributed by atoms with van der Waals surface area (Å²) in [6, 6.07) is 11.9. The lowest BCUT2D eigenvalue weighted by molar-refractivity contribution is 0.581. The van der Waals surface area contributed by atoms with Gasteiger partial charge in [-0.05, 0) is 41.5 Å². The largest absolute Gasteiger partial charge is 0.326 e. The summed E-state index contributed by atoms with van der Waals surface area (Å²) >= 11 is 9.27. The molecule has 0 bridgehead atoms. The predicted octanol–water partition coefficient (Wildman–Crippen LogP) is 3.04. The Bertz CT molecular complexity index is 733. The van der Waals surface area contributed by atoms with Crippen molar-refractivity contribution in [2.75, 3.05) is 0 Å². The number of nitrogens with one attached hydrogen (secondary N) is 1. The van der Waals surface area contributed by atoms with Crippen LogP contribution in [0.25, 0.3) is 0 Å². The van der Waals surface area contributed by atoms with Crippen molar-refractivity contribution in [1.82, 2.24) is 4.72 Å². The molecule has 0 aliphatic heterocycles. The third-order valence-corrected chi connectivity index (χ3v) is 5.22. The first-order valence-electron chi connectivity index (χ1n) is 6.15. The summed E-state index contributed by atoms with van der Waals surface area (Å²) in [5.74, 6) is 0. The minimum absolute atomic E-state index is 0.157. The van der Waals surface area contributed by atoms with E-state index in [9.17, 15) is 8.42 Å². The number of benzene rings is 2. The molecular weight excluding hydrogens is 376 g/mol. The van der Waals surface area contributed by atoms with Gasteiger partial charge in [-0.1, -0.05) is 39.7 Å². The molecule has 0 radical (unpaired) electrons. The van der Waals surface area contributed by atoms with Gasteiger partial charge in [-0.25, -0.2) is 13.1 Å². The number of hydrogen-bond acceptors (Lipinski definition) is 3. The van der Waals surface area contributed by atoms with Gasteiger partial charge in [0.05, 0.1) is 4.90 Å². The molecule has 4 nitrogen and oxygen atoms in total. The lowest BCUT2D eigenvalue weighted by Gasteiger charge is -2.09. The lowest BCUT2D eigenvalue weighted by atomic mass is 10.2. The van der Waals surface area contributed by atoms with Crippen molar-refractivity contribution in [1.29, 1.82) is 0 Å². The number of hydrogen-bond donors (Lipinski definition) is 2. The first-order valence-corrected chi connectivity index (χ1v) is 8.80. The molecule has 0 aliphatic carbocycles. The zero-order valence-corrected chi connectivity index (χ0v) is 14.2. The van der Waals surface area contributed by atoms with E-state index in [0.717, 1.165) is 10.0 Å². The molecule has 0 heterocycles. The van der Waals surface area contributed by atoms with Crippen LogP contribution in [0.5, 0.6) is 0 Å². The molecule has 2 aromatic carbocycles. The quantitative estimate of drug-likeness (QED) is 0.825. The lowest BCUT2D eigenvalue weighted by Crippen LogP contribution is -2.23. The first kappa shape index (κ1) is 16.5. The minimum atomic E-state index is -3.59. The zero-order chi connectivity index (χ0) is 15.5. The van der Waals surface area contributed by atoms with Gasteiger partial charge in [-0.15, -0.1) is 0 Å². The van der Waals surface area contributed by atoms with Crippen molar-refractivity contribution >= 4 is 37.6 Å². The van der Waals surface area contributed by atoms with Gasteiger partial charge in [-0.3, -0.25) is 0 Å². The van der Waals surface area contributed by atoms with Crippen molar-refractivity contribution in [3.05, 3.63) is 63.1 Å². The Morgan fingerprint density at radius 3 is 2.43 bits per heavy atom. The fourth-order valence-electron chi connectivity index (χ4n) is 1.74. The molecular formula is C14H14BrClN2O2S. The highest BCUT2D eigenvalue weighted by atomic mass is 79.9. The van der Waals surface area contributed by atoms with Gasteiger partial charge < -0.3 is 5.73 Å². The molecule has 112 valence electrons. The Kier molecular flexibility index (Phi) is 5.40. The third-order valence-electron chi connectivity index (χ3n) is 2.93. The molecule has 0 unspecified atom stereocenters. The second-order valence-electron chi connectivity index (χ2n) is 4.41. The maximum atomic E-state index is 12.2. The molecule has 0 spiro atoms. The Balaban J connectivity index is 2.16. The number of nitrogens with two attached hydrogens (primary N) is 1. The summed E-state index contributed by atoms with van der Waals surface area (Å²) in [6.45, 7) is 0.408. The van der Waals surface area contributed by atoms with E-state index in [0.29, 0.717) is 10.6 Å². The van der Waals surface area contributed by atoms with E-state index in [2.05, 4.69) is 20.7 Å². The molecule has 0 saturated heterocycles. The topological polar surface area (TPSA) is 72.2 Å². The molecule has 7 heteroatoms. The second kappa shape index (κ2) is 6.89. The fraction of sp³-hybridized carbons (Fsp3) is 0.143. The van der Waals surface area contributed by atoms with Crippen LogP contribution in [0.15, 0.2) is 51.8 Å². The van der Waals surface area contributed by atoms with Gasteiger partial charge in [0, 0.05) is 22.6 Å². The van der Waals surface area contributed by atoms with Crippen molar-refractivity contribution < 1.29 is 8.42 Å². The van der Waals surface area contributed by atoms with E-state index < -0.39 is 10.0 Å². The zero-order valence-electron chi connectivity index (χ0n) is 11.0. The number of rotatable bonds is 5.